The molecular weight excluding hydrogens is 210 g/mol. The van der Waals surface area contributed by atoms with E-state index >= 15 is 0 Å². The highest BCUT2D eigenvalue weighted by molar-refractivity contribution is 5.88. The van der Waals surface area contributed by atoms with Gasteiger partial charge in [0.25, 0.3) is 0 Å². The lowest BCUT2D eigenvalue weighted by Crippen LogP contribution is -2.04. The standard InChI is InChI=1S/C15H21NO/c1-9(2)12-7-6-10(3)14-11(4)13(8-16-5)17-15(12)14/h6-7,9,16H,8H2,1-5H3. The van der Waals surface area contributed by atoms with Crippen molar-refractivity contribution in [2.75, 3.05) is 7.05 Å². The monoisotopic (exact) mass is 231 g/mol. The fourth-order valence-electron chi connectivity index (χ4n) is 2.40. The van der Waals surface area contributed by atoms with Crippen molar-refractivity contribution >= 4 is 11.0 Å². The largest absolute Gasteiger partial charge is 0.459 e. The Morgan fingerprint density at radius 3 is 2.53 bits per heavy atom. The minimum atomic E-state index is 0.492. The molecule has 2 aromatic rings. The average Bonchev–Trinajstić information content (AvgIpc) is 2.58. The first-order valence-corrected chi connectivity index (χ1v) is 6.22. The summed E-state index contributed by atoms with van der Waals surface area (Å²) >= 11 is 0. The van der Waals surface area contributed by atoms with Crippen molar-refractivity contribution in [3.63, 3.8) is 0 Å². The SMILES string of the molecule is CNCc1oc2c(C(C)C)ccc(C)c2c1C. The van der Waals surface area contributed by atoms with Crippen LogP contribution in [-0.4, -0.2) is 7.05 Å². The van der Waals surface area contributed by atoms with E-state index in [1.54, 1.807) is 0 Å². The quantitative estimate of drug-likeness (QED) is 0.867. The summed E-state index contributed by atoms with van der Waals surface area (Å²) in [5.41, 5.74) is 4.95. The van der Waals surface area contributed by atoms with Gasteiger partial charge in [-0.15, -0.1) is 0 Å². The van der Waals surface area contributed by atoms with Crippen LogP contribution in [0.1, 0.15) is 42.2 Å². The number of aryl methyl sites for hydroxylation is 2. The zero-order valence-electron chi connectivity index (χ0n) is 11.3. The highest BCUT2D eigenvalue weighted by Crippen LogP contribution is 2.33. The first-order valence-electron chi connectivity index (χ1n) is 6.22. The second-order valence-corrected chi connectivity index (χ2v) is 5.01. The molecule has 0 radical (unpaired) electrons. The highest BCUT2D eigenvalue weighted by atomic mass is 16.3. The summed E-state index contributed by atoms with van der Waals surface area (Å²) in [6.07, 6.45) is 0. The van der Waals surface area contributed by atoms with Crippen molar-refractivity contribution in [3.8, 4) is 0 Å². The summed E-state index contributed by atoms with van der Waals surface area (Å²) in [5.74, 6) is 1.55. The first kappa shape index (κ1) is 12.2. The van der Waals surface area contributed by atoms with Crippen LogP contribution in [0.3, 0.4) is 0 Å². The van der Waals surface area contributed by atoms with Gasteiger partial charge in [-0.2, -0.15) is 0 Å². The Labute approximate surface area is 103 Å². The van der Waals surface area contributed by atoms with Gasteiger partial charge in [-0.1, -0.05) is 26.0 Å². The van der Waals surface area contributed by atoms with Crippen molar-refractivity contribution in [1.82, 2.24) is 5.32 Å². The van der Waals surface area contributed by atoms with E-state index in [0.29, 0.717) is 5.92 Å². The molecule has 1 aromatic carbocycles. The van der Waals surface area contributed by atoms with Crippen LogP contribution in [0, 0.1) is 13.8 Å². The third-order valence-electron chi connectivity index (χ3n) is 3.37. The lowest BCUT2D eigenvalue weighted by molar-refractivity contribution is 0.523. The number of furan rings is 1. The van der Waals surface area contributed by atoms with Crippen molar-refractivity contribution < 1.29 is 4.42 Å². The van der Waals surface area contributed by atoms with E-state index in [1.807, 2.05) is 7.05 Å². The van der Waals surface area contributed by atoms with Crippen LogP contribution >= 0.6 is 0 Å². The van der Waals surface area contributed by atoms with Crippen LogP contribution < -0.4 is 5.32 Å². The Bertz CT molecular complexity index is 537. The Morgan fingerprint density at radius 2 is 1.94 bits per heavy atom. The maximum absolute atomic E-state index is 6.05. The molecule has 0 atom stereocenters. The molecule has 0 aliphatic rings. The van der Waals surface area contributed by atoms with Gasteiger partial charge in [0.1, 0.15) is 11.3 Å². The fourth-order valence-corrected chi connectivity index (χ4v) is 2.40. The van der Waals surface area contributed by atoms with Gasteiger partial charge in [0.2, 0.25) is 0 Å². The summed E-state index contributed by atoms with van der Waals surface area (Å²) in [4.78, 5) is 0. The van der Waals surface area contributed by atoms with Gasteiger partial charge >= 0.3 is 0 Å². The molecule has 0 amide bonds. The van der Waals surface area contributed by atoms with E-state index in [0.717, 1.165) is 17.9 Å². The van der Waals surface area contributed by atoms with Gasteiger partial charge in [0.15, 0.2) is 0 Å². The molecule has 0 unspecified atom stereocenters. The smallest absolute Gasteiger partial charge is 0.138 e. The molecule has 0 aliphatic heterocycles. The van der Waals surface area contributed by atoms with Crippen LogP contribution in [0.2, 0.25) is 0 Å². The molecule has 0 saturated carbocycles. The van der Waals surface area contributed by atoms with Crippen LogP contribution in [0.25, 0.3) is 11.0 Å². The Hall–Kier alpha value is -1.28. The second kappa shape index (κ2) is 4.53. The summed E-state index contributed by atoms with van der Waals surface area (Å²) in [6.45, 7) is 9.50. The van der Waals surface area contributed by atoms with Crippen molar-refractivity contribution in [3.05, 3.63) is 34.6 Å². The second-order valence-electron chi connectivity index (χ2n) is 5.01. The van der Waals surface area contributed by atoms with Crippen LogP contribution in [0.15, 0.2) is 16.5 Å². The van der Waals surface area contributed by atoms with Crippen LogP contribution in [0.4, 0.5) is 0 Å². The van der Waals surface area contributed by atoms with Gasteiger partial charge in [-0.05, 0) is 43.5 Å². The molecule has 0 saturated heterocycles. The molecule has 2 heteroatoms. The van der Waals surface area contributed by atoms with Crippen molar-refractivity contribution in [2.45, 2.75) is 40.2 Å². The molecule has 1 N–H and O–H groups in total. The molecule has 92 valence electrons. The first-order chi connectivity index (χ1) is 8.06. The minimum Gasteiger partial charge on any atom is -0.459 e. The zero-order valence-corrected chi connectivity index (χ0v) is 11.3. The predicted molar refractivity (Wildman–Crippen MR) is 72.5 cm³/mol. The third-order valence-corrected chi connectivity index (χ3v) is 3.37. The zero-order chi connectivity index (χ0) is 12.6. The topological polar surface area (TPSA) is 25.2 Å². The summed E-state index contributed by atoms with van der Waals surface area (Å²) < 4.78 is 6.05. The maximum atomic E-state index is 6.05. The van der Waals surface area contributed by atoms with Gasteiger partial charge in [0.05, 0.1) is 6.54 Å². The number of fused-ring (bicyclic) bond motifs is 1. The van der Waals surface area contributed by atoms with Gasteiger partial charge in [-0.3, -0.25) is 0 Å². The number of benzene rings is 1. The van der Waals surface area contributed by atoms with E-state index in [2.05, 4.69) is 45.1 Å². The van der Waals surface area contributed by atoms with Gasteiger partial charge < -0.3 is 9.73 Å². The third kappa shape index (κ3) is 1.98. The molecule has 17 heavy (non-hydrogen) atoms. The summed E-state index contributed by atoms with van der Waals surface area (Å²) in [5, 5.41) is 4.45. The normalized spacial score (nSPS) is 11.6. The van der Waals surface area contributed by atoms with E-state index in [-0.39, 0.29) is 0 Å². The summed E-state index contributed by atoms with van der Waals surface area (Å²) in [7, 11) is 1.95. The van der Waals surface area contributed by atoms with E-state index in [4.69, 9.17) is 4.42 Å². The van der Waals surface area contributed by atoms with Crippen molar-refractivity contribution in [1.29, 1.82) is 0 Å². The Morgan fingerprint density at radius 1 is 1.24 bits per heavy atom. The molecule has 2 rings (SSSR count). The van der Waals surface area contributed by atoms with Crippen LogP contribution in [0.5, 0.6) is 0 Å². The molecule has 0 spiro atoms. The van der Waals surface area contributed by atoms with Gasteiger partial charge in [-0.25, -0.2) is 0 Å². The molecule has 0 bridgehead atoms. The highest BCUT2D eigenvalue weighted by Gasteiger charge is 2.16. The van der Waals surface area contributed by atoms with Crippen molar-refractivity contribution in [2.24, 2.45) is 0 Å². The minimum absolute atomic E-state index is 0.492. The fraction of sp³-hybridized carbons (Fsp3) is 0.467. The number of hydrogen-bond acceptors (Lipinski definition) is 2. The number of hydrogen-bond donors (Lipinski definition) is 1. The summed E-state index contributed by atoms with van der Waals surface area (Å²) in [6, 6.07) is 4.39. The molecule has 1 heterocycles. The van der Waals surface area contributed by atoms with E-state index in [1.165, 1.54) is 22.1 Å². The molecule has 0 fully saturated rings. The lowest BCUT2D eigenvalue weighted by atomic mass is 9.97. The van der Waals surface area contributed by atoms with E-state index < -0.39 is 0 Å². The van der Waals surface area contributed by atoms with Gasteiger partial charge in [0, 0.05) is 5.39 Å². The molecule has 2 nitrogen and oxygen atoms in total. The predicted octanol–water partition coefficient (Wildman–Crippen LogP) is 3.89. The van der Waals surface area contributed by atoms with E-state index in [9.17, 15) is 0 Å². The maximum Gasteiger partial charge on any atom is 0.138 e. The molecule has 0 aliphatic carbocycles. The Balaban J connectivity index is 2.74. The van der Waals surface area contributed by atoms with Crippen LogP contribution in [-0.2, 0) is 6.54 Å². The number of rotatable bonds is 3. The molecular formula is C15H21NO. The Kier molecular flexibility index (Phi) is 3.25. The average molecular weight is 231 g/mol. The lowest BCUT2D eigenvalue weighted by Gasteiger charge is -2.07. The molecule has 1 aromatic heterocycles. The number of nitrogens with one attached hydrogen (secondary N) is 1.